The van der Waals surface area contributed by atoms with Crippen molar-refractivity contribution in [1.82, 2.24) is 0 Å². The van der Waals surface area contributed by atoms with Gasteiger partial charge >= 0.3 is 0 Å². The Kier molecular flexibility index (Phi) is 7.51. The highest BCUT2D eigenvalue weighted by molar-refractivity contribution is 7.81. The summed E-state index contributed by atoms with van der Waals surface area (Å²) in [5.74, 6) is 0.694. The molecule has 0 saturated heterocycles. The van der Waals surface area contributed by atoms with Crippen molar-refractivity contribution in [2.24, 2.45) is 5.92 Å². The Labute approximate surface area is 151 Å². The topological polar surface area (TPSA) is 3.24 Å². The Bertz CT molecular complexity index is 544. The Morgan fingerprint density at radius 1 is 1.26 bits per heavy atom. The van der Waals surface area contributed by atoms with Crippen molar-refractivity contribution in [1.29, 1.82) is 0 Å². The van der Waals surface area contributed by atoms with Crippen LogP contribution in [-0.2, 0) is 0 Å². The third kappa shape index (κ3) is 4.54. The van der Waals surface area contributed by atoms with Crippen LogP contribution in [0.15, 0.2) is 30.7 Å². The number of allylic oxidation sites excluding steroid dienone is 2. The van der Waals surface area contributed by atoms with Crippen LogP contribution < -0.4 is 4.31 Å². The van der Waals surface area contributed by atoms with Crippen molar-refractivity contribution in [3.05, 3.63) is 41.1 Å². The number of unbranched alkanes of at least 4 members (excludes halogenated alkanes) is 1. The number of thiol groups is 1. The SMILES string of the molecule is C=Cc1scc(N(S)[C@@H]2CCCC[C@@H]2C/C=C\CCC)c1C=C. The molecule has 1 saturated carbocycles. The maximum absolute atomic E-state index is 4.89. The second-order valence-electron chi connectivity index (χ2n) is 6.26. The minimum Gasteiger partial charge on any atom is -0.314 e. The summed E-state index contributed by atoms with van der Waals surface area (Å²) < 4.78 is 2.21. The van der Waals surface area contributed by atoms with Crippen LogP contribution in [0.1, 0.15) is 62.3 Å². The van der Waals surface area contributed by atoms with E-state index >= 15 is 0 Å². The number of nitrogens with zero attached hydrogens (tertiary/aromatic N) is 1. The standard InChI is InChI=1S/C20H29NS2/c1-4-7-8-9-12-16-13-10-11-14-18(16)21(22)19-15-23-20(6-3)17(19)5-2/h5-6,8-9,15-16,18,22H,2-4,7,10-14H2,1H3/b9-8-/t16-,18+/m0/s1. The van der Waals surface area contributed by atoms with E-state index in [0.29, 0.717) is 12.0 Å². The maximum Gasteiger partial charge on any atom is 0.0656 e. The molecular weight excluding hydrogens is 318 g/mol. The molecule has 0 aliphatic heterocycles. The summed E-state index contributed by atoms with van der Waals surface area (Å²) in [6, 6.07) is 0.504. The maximum atomic E-state index is 4.89. The van der Waals surface area contributed by atoms with Gasteiger partial charge in [-0.15, -0.1) is 11.3 Å². The van der Waals surface area contributed by atoms with E-state index < -0.39 is 0 Å². The fourth-order valence-corrected chi connectivity index (χ4v) is 4.87. The molecule has 0 aromatic carbocycles. The molecule has 126 valence electrons. The van der Waals surface area contributed by atoms with Crippen LogP contribution in [0, 0.1) is 5.92 Å². The van der Waals surface area contributed by atoms with Crippen LogP contribution in [0.3, 0.4) is 0 Å². The smallest absolute Gasteiger partial charge is 0.0656 e. The molecule has 1 aliphatic carbocycles. The van der Waals surface area contributed by atoms with E-state index in [1.165, 1.54) is 61.1 Å². The molecule has 0 N–H and O–H groups in total. The number of thiophene rings is 1. The molecule has 0 amide bonds. The van der Waals surface area contributed by atoms with E-state index in [9.17, 15) is 0 Å². The van der Waals surface area contributed by atoms with Gasteiger partial charge in [0.15, 0.2) is 0 Å². The molecule has 1 aliphatic rings. The molecule has 1 fully saturated rings. The minimum atomic E-state index is 0.504. The van der Waals surface area contributed by atoms with Crippen LogP contribution in [0.5, 0.6) is 0 Å². The van der Waals surface area contributed by atoms with E-state index in [1.807, 2.05) is 12.2 Å². The predicted octanol–water partition coefficient (Wildman–Crippen LogP) is 6.99. The molecule has 0 spiro atoms. The molecule has 1 aromatic rings. The number of hydrogen-bond acceptors (Lipinski definition) is 3. The van der Waals surface area contributed by atoms with Gasteiger partial charge in [0, 0.05) is 21.9 Å². The van der Waals surface area contributed by atoms with Gasteiger partial charge in [0.2, 0.25) is 0 Å². The first-order valence-electron chi connectivity index (χ1n) is 8.72. The predicted molar refractivity (Wildman–Crippen MR) is 110 cm³/mol. The Hall–Kier alpha value is -0.930. The highest BCUT2D eigenvalue weighted by Gasteiger charge is 2.29. The normalized spacial score (nSPS) is 21.5. The summed E-state index contributed by atoms with van der Waals surface area (Å²) in [5, 5.41) is 2.19. The van der Waals surface area contributed by atoms with Gasteiger partial charge in [0.1, 0.15) is 0 Å². The second-order valence-corrected chi connectivity index (χ2v) is 7.60. The molecule has 0 bridgehead atoms. The van der Waals surface area contributed by atoms with Crippen molar-refractivity contribution < 1.29 is 0 Å². The van der Waals surface area contributed by atoms with Gasteiger partial charge in [-0.2, -0.15) is 0 Å². The van der Waals surface area contributed by atoms with E-state index in [-0.39, 0.29) is 0 Å². The van der Waals surface area contributed by atoms with Crippen molar-refractivity contribution >= 4 is 42.0 Å². The first kappa shape index (κ1) is 18.4. The van der Waals surface area contributed by atoms with Gasteiger partial charge in [-0.05, 0) is 31.6 Å². The zero-order valence-electron chi connectivity index (χ0n) is 14.2. The molecule has 2 rings (SSSR count). The molecular formula is C20H29NS2. The quantitative estimate of drug-likeness (QED) is 0.392. The highest BCUT2D eigenvalue weighted by atomic mass is 32.1. The summed E-state index contributed by atoms with van der Waals surface area (Å²) >= 11 is 6.62. The molecule has 1 heterocycles. The van der Waals surface area contributed by atoms with Gasteiger partial charge in [0.05, 0.1) is 5.69 Å². The minimum absolute atomic E-state index is 0.504. The van der Waals surface area contributed by atoms with Crippen LogP contribution in [0.4, 0.5) is 5.69 Å². The second kappa shape index (κ2) is 9.39. The Morgan fingerprint density at radius 2 is 2.04 bits per heavy atom. The highest BCUT2D eigenvalue weighted by Crippen LogP contribution is 2.39. The van der Waals surface area contributed by atoms with Gasteiger partial charge < -0.3 is 4.31 Å². The third-order valence-corrected chi connectivity index (χ3v) is 6.21. The average molecular weight is 348 g/mol. The summed E-state index contributed by atoms with van der Waals surface area (Å²) in [7, 11) is 0. The lowest BCUT2D eigenvalue weighted by atomic mass is 9.82. The molecule has 1 aromatic heterocycles. The average Bonchev–Trinajstić information content (AvgIpc) is 3.01. The van der Waals surface area contributed by atoms with Crippen molar-refractivity contribution in [2.75, 3.05) is 4.31 Å². The summed E-state index contributed by atoms with van der Waals surface area (Å²) in [6.45, 7) is 10.1. The zero-order chi connectivity index (χ0) is 16.7. The van der Waals surface area contributed by atoms with Gasteiger partial charge in [-0.1, -0.05) is 76.5 Å². The van der Waals surface area contributed by atoms with Crippen LogP contribution in [0.2, 0.25) is 0 Å². The first-order valence-corrected chi connectivity index (χ1v) is 10.00. The lowest BCUT2D eigenvalue weighted by Gasteiger charge is -2.38. The lowest BCUT2D eigenvalue weighted by Crippen LogP contribution is -2.37. The van der Waals surface area contributed by atoms with E-state index in [0.717, 1.165) is 0 Å². The third-order valence-electron chi connectivity index (χ3n) is 4.72. The van der Waals surface area contributed by atoms with Gasteiger partial charge in [0.25, 0.3) is 0 Å². The molecule has 0 radical (unpaired) electrons. The molecule has 2 atom stereocenters. The monoisotopic (exact) mass is 347 g/mol. The van der Waals surface area contributed by atoms with Crippen LogP contribution >= 0.6 is 24.2 Å². The first-order chi connectivity index (χ1) is 11.2. The molecule has 0 unspecified atom stereocenters. The fraction of sp³-hybridized carbons (Fsp3) is 0.500. The van der Waals surface area contributed by atoms with E-state index in [2.05, 4.69) is 41.9 Å². The van der Waals surface area contributed by atoms with Crippen LogP contribution in [0.25, 0.3) is 12.2 Å². The number of anilines is 1. The summed E-state index contributed by atoms with van der Waals surface area (Å²) in [6.07, 6.45) is 17.3. The molecule has 1 nitrogen and oxygen atoms in total. The molecule has 3 heteroatoms. The molecule has 23 heavy (non-hydrogen) atoms. The van der Waals surface area contributed by atoms with E-state index in [4.69, 9.17) is 12.8 Å². The Morgan fingerprint density at radius 3 is 2.74 bits per heavy atom. The number of hydrogen-bond donors (Lipinski definition) is 1. The number of rotatable bonds is 8. The van der Waals surface area contributed by atoms with Crippen molar-refractivity contribution in [3.8, 4) is 0 Å². The van der Waals surface area contributed by atoms with Crippen LogP contribution in [-0.4, -0.2) is 6.04 Å². The van der Waals surface area contributed by atoms with Crippen molar-refractivity contribution in [2.45, 2.75) is 57.9 Å². The Balaban J connectivity index is 2.14. The van der Waals surface area contributed by atoms with Crippen molar-refractivity contribution in [3.63, 3.8) is 0 Å². The summed E-state index contributed by atoms with van der Waals surface area (Å²) in [4.78, 5) is 1.18. The van der Waals surface area contributed by atoms with Gasteiger partial charge in [-0.25, -0.2) is 0 Å². The summed E-state index contributed by atoms with van der Waals surface area (Å²) in [5.41, 5.74) is 2.36. The van der Waals surface area contributed by atoms with E-state index in [1.54, 1.807) is 11.3 Å². The zero-order valence-corrected chi connectivity index (χ0v) is 15.9. The largest absolute Gasteiger partial charge is 0.314 e. The van der Waals surface area contributed by atoms with Gasteiger partial charge in [-0.3, -0.25) is 0 Å². The lowest BCUT2D eigenvalue weighted by molar-refractivity contribution is 0.315. The fourth-order valence-electron chi connectivity index (χ4n) is 3.43.